The van der Waals surface area contributed by atoms with E-state index in [9.17, 15) is 0 Å². The van der Waals surface area contributed by atoms with Gasteiger partial charge in [-0.15, -0.1) is 0 Å². The van der Waals surface area contributed by atoms with Crippen molar-refractivity contribution in [2.24, 2.45) is 5.92 Å². The molecule has 0 saturated heterocycles. The van der Waals surface area contributed by atoms with E-state index in [2.05, 4.69) is 32.2 Å². The minimum atomic E-state index is 0.666. The van der Waals surface area contributed by atoms with E-state index in [4.69, 9.17) is 9.47 Å². The van der Waals surface area contributed by atoms with Crippen LogP contribution in [0.5, 0.6) is 11.5 Å². The van der Waals surface area contributed by atoms with Crippen molar-refractivity contribution < 1.29 is 9.47 Å². The van der Waals surface area contributed by atoms with Crippen molar-refractivity contribution in [2.45, 2.75) is 27.2 Å². The molecule has 0 atom stereocenters. The van der Waals surface area contributed by atoms with E-state index in [0.717, 1.165) is 36.6 Å². The van der Waals surface area contributed by atoms with Gasteiger partial charge in [-0.1, -0.05) is 32.4 Å². The second-order valence-corrected chi connectivity index (χ2v) is 5.29. The van der Waals surface area contributed by atoms with E-state index in [1.54, 1.807) is 14.2 Å². The lowest BCUT2D eigenvalue weighted by Gasteiger charge is -2.12. The van der Waals surface area contributed by atoms with Crippen molar-refractivity contribution in [3.63, 3.8) is 0 Å². The first kappa shape index (κ1) is 16.6. The van der Waals surface area contributed by atoms with Crippen LogP contribution in [0.15, 0.2) is 23.8 Å². The van der Waals surface area contributed by atoms with Gasteiger partial charge in [0.05, 0.1) is 14.2 Å². The second-order valence-electron chi connectivity index (χ2n) is 5.29. The second kappa shape index (κ2) is 8.64. The molecule has 0 unspecified atom stereocenters. The first-order valence-electron chi connectivity index (χ1n) is 7.22. The van der Waals surface area contributed by atoms with E-state index in [0.29, 0.717) is 5.92 Å². The summed E-state index contributed by atoms with van der Waals surface area (Å²) in [6.45, 7) is 8.55. The van der Waals surface area contributed by atoms with E-state index in [1.807, 2.05) is 18.2 Å². The SMILES string of the molecule is CCC(=Cc1cc(OC)ccc1OC)CNCC(C)C. The first-order chi connectivity index (χ1) is 9.60. The van der Waals surface area contributed by atoms with Gasteiger partial charge < -0.3 is 14.8 Å². The quantitative estimate of drug-likeness (QED) is 0.785. The first-order valence-corrected chi connectivity index (χ1v) is 7.22. The molecular formula is C17H27NO2. The van der Waals surface area contributed by atoms with Crippen molar-refractivity contribution >= 4 is 6.08 Å². The van der Waals surface area contributed by atoms with E-state index < -0.39 is 0 Å². The summed E-state index contributed by atoms with van der Waals surface area (Å²) in [6.07, 6.45) is 3.21. The van der Waals surface area contributed by atoms with Crippen LogP contribution in [0, 0.1) is 5.92 Å². The normalized spacial score (nSPS) is 11.8. The topological polar surface area (TPSA) is 30.5 Å². The summed E-state index contributed by atoms with van der Waals surface area (Å²) in [7, 11) is 3.38. The third-order valence-electron chi connectivity index (χ3n) is 3.16. The number of nitrogens with one attached hydrogen (secondary N) is 1. The van der Waals surface area contributed by atoms with Crippen LogP contribution in [-0.4, -0.2) is 27.3 Å². The fraction of sp³-hybridized carbons (Fsp3) is 0.529. The zero-order chi connectivity index (χ0) is 15.0. The van der Waals surface area contributed by atoms with E-state index >= 15 is 0 Å². The number of methoxy groups -OCH3 is 2. The molecule has 0 spiro atoms. The van der Waals surface area contributed by atoms with Crippen LogP contribution in [0.2, 0.25) is 0 Å². The van der Waals surface area contributed by atoms with Crippen molar-refractivity contribution in [1.29, 1.82) is 0 Å². The Morgan fingerprint density at radius 3 is 2.55 bits per heavy atom. The molecule has 1 N–H and O–H groups in total. The minimum Gasteiger partial charge on any atom is -0.497 e. The lowest BCUT2D eigenvalue weighted by Crippen LogP contribution is -2.21. The Labute approximate surface area is 123 Å². The molecular weight excluding hydrogens is 250 g/mol. The smallest absolute Gasteiger partial charge is 0.126 e. The van der Waals surface area contributed by atoms with Crippen molar-refractivity contribution in [2.75, 3.05) is 27.3 Å². The van der Waals surface area contributed by atoms with Gasteiger partial charge in [-0.25, -0.2) is 0 Å². The maximum atomic E-state index is 5.41. The fourth-order valence-electron chi connectivity index (χ4n) is 1.97. The van der Waals surface area contributed by atoms with Gasteiger partial charge in [-0.05, 0) is 37.1 Å². The molecule has 0 aliphatic carbocycles. The third kappa shape index (κ3) is 5.25. The Morgan fingerprint density at radius 1 is 1.25 bits per heavy atom. The Kier molecular flexibility index (Phi) is 7.16. The van der Waals surface area contributed by atoms with Gasteiger partial charge in [0.25, 0.3) is 0 Å². The van der Waals surface area contributed by atoms with Crippen LogP contribution in [0.25, 0.3) is 6.08 Å². The molecule has 112 valence electrons. The van der Waals surface area contributed by atoms with Crippen LogP contribution in [0.3, 0.4) is 0 Å². The van der Waals surface area contributed by atoms with Gasteiger partial charge in [0, 0.05) is 12.1 Å². The van der Waals surface area contributed by atoms with Crippen LogP contribution in [0.4, 0.5) is 0 Å². The average molecular weight is 277 g/mol. The van der Waals surface area contributed by atoms with Gasteiger partial charge >= 0.3 is 0 Å². The van der Waals surface area contributed by atoms with E-state index in [-0.39, 0.29) is 0 Å². The molecule has 0 amide bonds. The Morgan fingerprint density at radius 2 is 2.00 bits per heavy atom. The summed E-state index contributed by atoms with van der Waals surface area (Å²) in [5.41, 5.74) is 2.42. The number of hydrogen-bond donors (Lipinski definition) is 1. The molecule has 0 heterocycles. The lowest BCUT2D eigenvalue weighted by atomic mass is 10.1. The van der Waals surface area contributed by atoms with E-state index in [1.165, 1.54) is 5.57 Å². The van der Waals surface area contributed by atoms with Gasteiger partial charge in [-0.2, -0.15) is 0 Å². The van der Waals surface area contributed by atoms with Gasteiger partial charge in [0.15, 0.2) is 0 Å². The molecule has 20 heavy (non-hydrogen) atoms. The highest BCUT2D eigenvalue weighted by Crippen LogP contribution is 2.26. The predicted molar refractivity (Wildman–Crippen MR) is 85.5 cm³/mol. The monoisotopic (exact) mass is 277 g/mol. The predicted octanol–water partition coefficient (Wildman–Crippen LogP) is 3.74. The molecule has 3 nitrogen and oxygen atoms in total. The fourth-order valence-corrected chi connectivity index (χ4v) is 1.97. The zero-order valence-electron chi connectivity index (χ0n) is 13.3. The summed E-state index contributed by atoms with van der Waals surface area (Å²) in [5, 5.41) is 3.48. The highest BCUT2D eigenvalue weighted by atomic mass is 16.5. The maximum absolute atomic E-state index is 5.41. The summed E-state index contributed by atoms with van der Waals surface area (Å²) < 4.78 is 10.7. The van der Waals surface area contributed by atoms with Crippen molar-refractivity contribution in [3.05, 3.63) is 29.3 Å². The van der Waals surface area contributed by atoms with Crippen molar-refractivity contribution in [3.8, 4) is 11.5 Å². The van der Waals surface area contributed by atoms with Gasteiger partial charge in [0.2, 0.25) is 0 Å². The highest BCUT2D eigenvalue weighted by molar-refractivity contribution is 5.62. The molecule has 0 fully saturated rings. The molecule has 3 heteroatoms. The van der Waals surface area contributed by atoms with Gasteiger partial charge in [0.1, 0.15) is 11.5 Å². The number of ether oxygens (including phenoxy) is 2. The third-order valence-corrected chi connectivity index (χ3v) is 3.16. The molecule has 0 aliphatic rings. The highest BCUT2D eigenvalue weighted by Gasteiger charge is 2.04. The lowest BCUT2D eigenvalue weighted by molar-refractivity contribution is 0.402. The number of benzene rings is 1. The molecule has 0 radical (unpaired) electrons. The number of rotatable bonds is 8. The molecule has 0 aliphatic heterocycles. The van der Waals surface area contributed by atoms with Gasteiger partial charge in [-0.3, -0.25) is 0 Å². The zero-order valence-corrected chi connectivity index (χ0v) is 13.3. The Balaban J connectivity index is 2.87. The molecule has 0 bridgehead atoms. The van der Waals surface area contributed by atoms with Crippen LogP contribution >= 0.6 is 0 Å². The molecule has 0 aromatic heterocycles. The molecule has 1 aromatic carbocycles. The van der Waals surface area contributed by atoms with Crippen LogP contribution in [-0.2, 0) is 0 Å². The molecule has 0 saturated carbocycles. The summed E-state index contributed by atoms with van der Waals surface area (Å²) >= 11 is 0. The molecule has 1 aromatic rings. The number of hydrogen-bond acceptors (Lipinski definition) is 3. The maximum Gasteiger partial charge on any atom is 0.126 e. The Bertz CT molecular complexity index is 439. The standard InChI is InChI=1S/C17H27NO2/c1-6-14(12-18-11-13(2)3)9-15-10-16(19-4)7-8-17(15)20-5/h7-10,13,18H,6,11-12H2,1-5H3. The summed E-state index contributed by atoms with van der Waals surface area (Å²) in [6, 6.07) is 5.87. The largest absolute Gasteiger partial charge is 0.497 e. The van der Waals surface area contributed by atoms with Crippen LogP contribution in [0.1, 0.15) is 32.8 Å². The summed E-state index contributed by atoms with van der Waals surface area (Å²) in [4.78, 5) is 0. The van der Waals surface area contributed by atoms with Crippen molar-refractivity contribution in [1.82, 2.24) is 5.32 Å². The summed E-state index contributed by atoms with van der Waals surface area (Å²) in [5.74, 6) is 2.39. The Hall–Kier alpha value is -1.48. The average Bonchev–Trinajstić information content (AvgIpc) is 2.45. The molecule has 1 rings (SSSR count). The minimum absolute atomic E-state index is 0.666. The van der Waals surface area contributed by atoms with Crippen LogP contribution < -0.4 is 14.8 Å².